The molecule has 0 saturated heterocycles. The average molecular weight is 304 g/mol. The Morgan fingerprint density at radius 1 is 1.36 bits per heavy atom. The summed E-state index contributed by atoms with van der Waals surface area (Å²) in [6.07, 6.45) is 0. The number of rotatable bonds is 5. The number of hydrogen-bond acceptors (Lipinski definition) is 3. The number of nitrogens with zero attached hydrogens (tertiary/aromatic N) is 2. The summed E-state index contributed by atoms with van der Waals surface area (Å²) >= 11 is 0. The van der Waals surface area contributed by atoms with Crippen molar-refractivity contribution >= 4 is 5.91 Å². The number of aryl methyl sites for hydroxylation is 2. The van der Waals surface area contributed by atoms with Crippen molar-refractivity contribution in [2.45, 2.75) is 26.4 Å². The van der Waals surface area contributed by atoms with Crippen LogP contribution in [-0.4, -0.2) is 35.1 Å². The van der Waals surface area contributed by atoms with E-state index in [4.69, 9.17) is 0 Å². The first-order valence-corrected chi connectivity index (χ1v) is 7.10. The first-order chi connectivity index (χ1) is 10.4. The lowest BCUT2D eigenvalue weighted by molar-refractivity contribution is -0.126. The normalized spacial score (nSPS) is 12.5. The van der Waals surface area contributed by atoms with E-state index in [1.807, 2.05) is 13.8 Å². The van der Waals surface area contributed by atoms with Crippen molar-refractivity contribution in [1.29, 1.82) is 0 Å². The molecule has 0 saturated carbocycles. The largest absolute Gasteiger partial charge is 0.350 e. The van der Waals surface area contributed by atoms with Gasteiger partial charge in [-0.05, 0) is 34.0 Å². The van der Waals surface area contributed by atoms with Crippen molar-refractivity contribution in [1.82, 2.24) is 20.4 Å². The van der Waals surface area contributed by atoms with Gasteiger partial charge < -0.3 is 5.32 Å². The first-order valence-electron chi connectivity index (χ1n) is 7.10. The molecule has 2 rings (SSSR count). The molecule has 118 valence electrons. The molecule has 1 atom stereocenters. The topological polar surface area (TPSA) is 61.0 Å². The van der Waals surface area contributed by atoms with Gasteiger partial charge >= 0.3 is 0 Å². The van der Waals surface area contributed by atoms with E-state index in [1.54, 1.807) is 37.2 Å². The number of aromatic nitrogens is 2. The first kappa shape index (κ1) is 16.2. The lowest BCUT2D eigenvalue weighted by Gasteiger charge is -2.24. The predicted molar refractivity (Wildman–Crippen MR) is 82.7 cm³/mol. The number of halogens is 1. The highest BCUT2D eigenvalue weighted by atomic mass is 19.1. The number of hydrogen-bond donors (Lipinski definition) is 2. The molecule has 2 aromatic rings. The number of amides is 1. The minimum absolute atomic E-state index is 0.241. The fraction of sp³-hybridized carbons (Fsp3) is 0.375. The summed E-state index contributed by atoms with van der Waals surface area (Å²) in [5.74, 6) is -0.623. The van der Waals surface area contributed by atoms with Gasteiger partial charge in [0.2, 0.25) is 5.91 Å². The Balaban J connectivity index is 2.16. The van der Waals surface area contributed by atoms with Crippen LogP contribution in [0.3, 0.4) is 0 Å². The van der Waals surface area contributed by atoms with Crippen LogP contribution in [0, 0.1) is 19.7 Å². The molecule has 2 N–H and O–H groups in total. The fourth-order valence-corrected chi connectivity index (χ4v) is 2.46. The highest BCUT2D eigenvalue weighted by Gasteiger charge is 2.25. The molecule has 1 heterocycles. The molecule has 6 heteroatoms. The van der Waals surface area contributed by atoms with Crippen LogP contribution in [0.1, 0.15) is 28.6 Å². The summed E-state index contributed by atoms with van der Waals surface area (Å²) in [4.78, 5) is 14.2. The molecule has 1 amide bonds. The lowest BCUT2D eigenvalue weighted by atomic mass is 10.0. The smallest absolute Gasteiger partial charge is 0.242 e. The zero-order chi connectivity index (χ0) is 16.3. The summed E-state index contributed by atoms with van der Waals surface area (Å²) in [5, 5.41) is 9.85. The van der Waals surface area contributed by atoms with Crippen LogP contribution in [0.15, 0.2) is 24.3 Å². The Bertz CT molecular complexity index is 646. The predicted octanol–water partition coefficient (Wildman–Crippen LogP) is 2.08. The molecule has 1 aromatic carbocycles. The zero-order valence-corrected chi connectivity index (χ0v) is 13.3. The number of carbonyl (C=O) groups is 1. The molecule has 0 bridgehead atoms. The number of carbonyl (C=O) groups excluding carboxylic acids is 1. The van der Waals surface area contributed by atoms with E-state index >= 15 is 0 Å². The second-order valence-corrected chi connectivity index (χ2v) is 5.52. The number of aromatic amines is 1. The van der Waals surface area contributed by atoms with Crippen LogP contribution in [0.5, 0.6) is 0 Å². The third kappa shape index (κ3) is 3.33. The molecule has 0 aliphatic heterocycles. The van der Waals surface area contributed by atoms with Gasteiger partial charge in [0, 0.05) is 23.4 Å². The van der Waals surface area contributed by atoms with Gasteiger partial charge in [0.1, 0.15) is 11.9 Å². The Labute approximate surface area is 129 Å². The molecule has 0 radical (unpaired) electrons. The quantitative estimate of drug-likeness (QED) is 0.889. The number of H-pyrrole nitrogens is 1. The van der Waals surface area contributed by atoms with Crippen LogP contribution in [0.4, 0.5) is 4.39 Å². The van der Waals surface area contributed by atoms with E-state index in [-0.39, 0.29) is 11.7 Å². The second kappa shape index (κ2) is 6.70. The summed E-state index contributed by atoms with van der Waals surface area (Å²) in [5.41, 5.74) is 3.10. The van der Waals surface area contributed by atoms with Crippen LogP contribution >= 0.6 is 0 Å². The Hall–Kier alpha value is -2.21. The molecule has 0 fully saturated rings. The van der Waals surface area contributed by atoms with Crippen molar-refractivity contribution in [3.05, 3.63) is 52.6 Å². The van der Waals surface area contributed by atoms with E-state index in [0.29, 0.717) is 12.1 Å². The monoisotopic (exact) mass is 304 g/mol. The SMILES string of the molecule is Cc1n[nH]c(C)c1CNC(=O)[C@H](c1ccccc1F)N(C)C. The maximum Gasteiger partial charge on any atom is 0.242 e. The fourth-order valence-electron chi connectivity index (χ4n) is 2.46. The minimum Gasteiger partial charge on any atom is -0.350 e. The number of benzene rings is 1. The second-order valence-electron chi connectivity index (χ2n) is 5.52. The van der Waals surface area contributed by atoms with Crippen LogP contribution in [0.2, 0.25) is 0 Å². The summed E-state index contributed by atoms with van der Waals surface area (Å²) in [6, 6.07) is 5.67. The Morgan fingerprint density at radius 3 is 2.59 bits per heavy atom. The van der Waals surface area contributed by atoms with Crippen molar-refractivity contribution in [3.8, 4) is 0 Å². The van der Waals surface area contributed by atoms with Gasteiger partial charge in [0.15, 0.2) is 0 Å². The Kier molecular flexibility index (Phi) is 4.92. The van der Waals surface area contributed by atoms with E-state index < -0.39 is 6.04 Å². The summed E-state index contributed by atoms with van der Waals surface area (Å²) in [6.45, 7) is 4.15. The maximum atomic E-state index is 14.0. The van der Waals surface area contributed by atoms with Gasteiger partial charge in [0.05, 0.1) is 5.69 Å². The lowest BCUT2D eigenvalue weighted by Crippen LogP contribution is -2.37. The van der Waals surface area contributed by atoms with Crippen LogP contribution in [-0.2, 0) is 11.3 Å². The van der Waals surface area contributed by atoms with Crippen molar-refractivity contribution < 1.29 is 9.18 Å². The number of likely N-dealkylation sites (N-methyl/N-ethyl adjacent to an activating group) is 1. The number of nitrogens with one attached hydrogen (secondary N) is 2. The van der Waals surface area contributed by atoms with Crippen LogP contribution in [0.25, 0.3) is 0 Å². The highest BCUT2D eigenvalue weighted by molar-refractivity contribution is 5.83. The van der Waals surface area contributed by atoms with E-state index in [9.17, 15) is 9.18 Å². The third-order valence-corrected chi connectivity index (χ3v) is 3.68. The molecule has 0 unspecified atom stereocenters. The van der Waals surface area contributed by atoms with E-state index in [1.165, 1.54) is 6.07 Å². The third-order valence-electron chi connectivity index (χ3n) is 3.68. The summed E-state index contributed by atoms with van der Waals surface area (Å²) < 4.78 is 14.0. The van der Waals surface area contributed by atoms with Gasteiger partial charge in [0.25, 0.3) is 0 Å². The standard InChI is InChI=1S/C16H21FN4O/c1-10-13(11(2)20-19-10)9-18-16(22)15(21(3)4)12-7-5-6-8-14(12)17/h5-8,15H,9H2,1-4H3,(H,18,22)(H,19,20)/t15-/m0/s1. The Morgan fingerprint density at radius 2 is 2.05 bits per heavy atom. The summed E-state index contributed by atoms with van der Waals surface area (Å²) in [7, 11) is 3.51. The van der Waals surface area contributed by atoms with E-state index in [0.717, 1.165) is 17.0 Å². The van der Waals surface area contributed by atoms with Crippen molar-refractivity contribution in [3.63, 3.8) is 0 Å². The van der Waals surface area contributed by atoms with Gasteiger partial charge in [-0.25, -0.2) is 4.39 Å². The zero-order valence-electron chi connectivity index (χ0n) is 13.3. The molecule has 22 heavy (non-hydrogen) atoms. The van der Waals surface area contributed by atoms with Crippen LogP contribution < -0.4 is 5.32 Å². The average Bonchev–Trinajstić information content (AvgIpc) is 2.78. The molecule has 0 aliphatic carbocycles. The van der Waals surface area contributed by atoms with Crippen molar-refractivity contribution in [2.75, 3.05) is 14.1 Å². The molecular formula is C16H21FN4O. The van der Waals surface area contributed by atoms with Gasteiger partial charge in [-0.3, -0.25) is 14.8 Å². The van der Waals surface area contributed by atoms with Gasteiger partial charge in [-0.15, -0.1) is 0 Å². The maximum absolute atomic E-state index is 14.0. The minimum atomic E-state index is -0.672. The molecule has 0 aliphatic rings. The molecule has 1 aromatic heterocycles. The van der Waals surface area contributed by atoms with Gasteiger partial charge in [-0.1, -0.05) is 18.2 Å². The van der Waals surface area contributed by atoms with E-state index in [2.05, 4.69) is 15.5 Å². The molecular weight excluding hydrogens is 283 g/mol. The highest BCUT2D eigenvalue weighted by Crippen LogP contribution is 2.21. The van der Waals surface area contributed by atoms with Crippen molar-refractivity contribution in [2.24, 2.45) is 0 Å². The van der Waals surface area contributed by atoms with Gasteiger partial charge in [-0.2, -0.15) is 5.10 Å². The molecule has 0 spiro atoms. The molecule has 5 nitrogen and oxygen atoms in total.